The van der Waals surface area contributed by atoms with E-state index in [1.54, 1.807) is 26.0 Å². The van der Waals surface area contributed by atoms with Gasteiger partial charge in [-0.15, -0.1) is 0 Å². The van der Waals surface area contributed by atoms with Gasteiger partial charge in [0, 0.05) is 29.6 Å². The molecule has 1 spiro atoms. The van der Waals surface area contributed by atoms with Gasteiger partial charge >= 0.3 is 0 Å². The number of carbonyl (C=O) groups is 1. The summed E-state index contributed by atoms with van der Waals surface area (Å²) in [7, 11) is -4.16. The van der Waals surface area contributed by atoms with Crippen molar-refractivity contribution in [3.63, 3.8) is 0 Å². The number of halogens is 1. The molecule has 220 valence electrons. The maximum absolute atomic E-state index is 13.4. The maximum Gasteiger partial charge on any atom is 0.265 e. The summed E-state index contributed by atoms with van der Waals surface area (Å²) in [5, 5.41) is 0.730. The number of hydrogen-bond donors (Lipinski definition) is 2. The zero-order valence-electron chi connectivity index (χ0n) is 23.6. The van der Waals surface area contributed by atoms with E-state index in [-0.39, 0.29) is 23.0 Å². The molecule has 2 aliphatic carbocycles. The number of nitrogens with one attached hydrogen (secondary N) is 1. The number of rotatable bonds is 0. The van der Waals surface area contributed by atoms with E-state index in [1.165, 1.54) is 17.2 Å². The van der Waals surface area contributed by atoms with Gasteiger partial charge in [0.25, 0.3) is 15.9 Å². The Hall–Kier alpha value is -2.59. The van der Waals surface area contributed by atoms with Crippen molar-refractivity contribution in [1.82, 2.24) is 4.72 Å². The lowest BCUT2D eigenvalue weighted by atomic mass is 9.68. The minimum absolute atomic E-state index is 0.00891. The highest BCUT2D eigenvalue weighted by molar-refractivity contribution is 7.90. The second kappa shape index (κ2) is 10.6. The largest absolute Gasteiger partial charge is 0.490 e. The van der Waals surface area contributed by atoms with Gasteiger partial charge in [-0.1, -0.05) is 29.8 Å². The van der Waals surface area contributed by atoms with Crippen LogP contribution in [0.25, 0.3) is 0 Å². The lowest BCUT2D eigenvalue weighted by Gasteiger charge is -2.45. The molecule has 2 heterocycles. The third-order valence-electron chi connectivity index (χ3n) is 9.42. The molecule has 10 heteroatoms. The van der Waals surface area contributed by atoms with Crippen molar-refractivity contribution in [2.45, 2.75) is 67.9 Å². The first-order valence-corrected chi connectivity index (χ1v) is 16.3. The second-order valence-corrected chi connectivity index (χ2v) is 14.6. The van der Waals surface area contributed by atoms with Crippen molar-refractivity contribution < 1.29 is 22.7 Å². The highest BCUT2D eigenvalue weighted by Crippen LogP contribution is 2.46. The molecule has 3 N–H and O–H groups in total. The van der Waals surface area contributed by atoms with Gasteiger partial charge in [-0.25, -0.2) is 13.1 Å². The molecule has 0 aromatic heterocycles. The standard InChI is InChI=1S/C31H38ClN3O5S/c1-30(2)29(36)34-41(37,38)23-9-12-28-27(16-23)35(17-21-7-10-24(21)26(33)6-4-14-40-30)18-31(19-39-28)13-3-5-20-15-22(32)8-11-25(20)31/h4,6,8-9,11-12,15-16,21,24,26H,3,5,7,10,13-14,17-19,33H2,1-2H3,(H,34,36)/b6-4-/t21-,24+,26-,31-/m0/s1. The Morgan fingerprint density at radius 2 is 1.98 bits per heavy atom. The number of amides is 1. The molecule has 4 atom stereocenters. The Bertz CT molecular complexity index is 1490. The van der Waals surface area contributed by atoms with Gasteiger partial charge in [-0.05, 0) is 99.2 Å². The summed E-state index contributed by atoms with van der Waals surface area (Å²) in [6, 6.07) is 10.9. The van der Waals surface area contributed by atoms with E-state index in [0.717, 1.165) is 49.4 Å². The molecule has 2 bridgehead atoms. The molecule has 1 amide bonds. The first kappa shape index (κ1) is 28.5. The van der Waals surface area contributed by atoms with Gasteiger partial charge in [0.1, 0.15) is 11.4 Å². The van der Waals surface area contributed by atoms with E-state index in [9.17, 15) is 13.2 Å². The van der Waals surface area contributed by atoms with E-state index in [4.69, 9.17) is 26.8 Å². The van der Waals surface area contributed by atoms with Crippen LogP contribution in [0.2, 0.25) is 5.02 Å². The Kier molecular flexibility index (Phi) is 7.37. The first-order chi connectivity index (χ1) is 19.5. The van der Waals surface area contributed by atoms with Crippen LogP contribution in [0.1, 0.15) is 50.7 Å². The number of nitrogens with zero attached hydrogens (tertiary/aromatic N) is 1. The van der Waals surface area contributed by atoms with Gasteiger partial charge < -0.3 is 20.1 Å². The minimum Gasteiger partial charge on any atom is -0.490 e. The molecule has 2 aromatic carbocycles. The van der Waals surface area contributed by atoms with Crippen LogP contribution in [0.3, 0.4) is 0 Å². The zero-order chi connectivity index (χ0) is 29.0. The Morgan fingerprint density at radius 3 is 2.76 bits per heavy atom. The molecule has 4 aliphatic rings. The minimum atomic E-state index is -4.16. The summed E-state index contributed by atoms with van der Waals surface area (Å²) in [5.74, 6) is 0.540. The summed E-state index contributed by atoms with van der Waals surface area (Å²) in [4.78, 5) is 15.3. The number of anilines is 1. The molecule has 0 unspecified atom stereocenters. The number of carbonyl (C=O) groups excluding carboxylic acids is 1. The van der Waals surface area contributed by atoms with Crippen LogP contribution in [0, 0.1) is 11.8 Å². The number of sulfonamides is 1. The molecule has 8 nitrogen and oxygen atoms in total. The van der Waals surface area contributed by atoms with Crippen LogP contribution in [-0.2, 0) is 31.4 Å². The SMILES string of the molecule is CC1(C)OC/C=C\[C@H](N)[C@@H]2CC[C@H]2CN2C[C@@]3(CCCc4cc(Cl)ccc43)COc3ccc(cc32)S(=O)(=O)NC1=O. The van der Waals surface area contributed by atoms with E-state index < -0.39 is 21.5 Å². The van der Waals surface area contributed by atoms with Crippen LogP contribution in [0.4, 0.5) is 5.69 Å². The van der Waals surface area contributed by atoms with Crippen LogP contribution < -0.4 is 20.1 Å². The predicted octanol–water partition coefficient (Wildman–Crippen LogP) is 4.34. The van der Waals surface area contributed by atoms with Crippen molar-refractivity contribution in [2.75, 3.05) is 31.2 Å². The summed E-state index contributed by atoms with van der Waals surface area (Å²) in [6.07, 6.45) is 8.81. The van der Waals surface area contributed by atoms with E-state index in [1.807, 2.05) is 18.2 Å². The van der Waals surface area contributed by atoms with Gasteiger partial charge in [0.2, 0.25) is 0 Å². The molecule has 0 radical (unpaired) electrons. The van der Waals surface area contributed by atoms with E-state index in [0.29, 0.717) is 30.7 Å². The topological polar surface area (TPSA) is 111 Å². The number of aryl methyl sites for hydroxylation is 1. The average molecular weight is 600 g/mol. The number of fused-ring (bicyclic) bond motifs is 4. The summed E-state index contributed by atoms with van der Waals surface area (Å²) in [6.45, 7) is 5.15. The molecule has 2 aliphatic heterocycles. The van der Waals surface area contributed by atoms with Crippen molar-refractivity contribution >= 4 is 33.2 Å². The van der Waals surface area contributed by atoms with Gasteiger partial charge in [-0.3, -0.25) is 4.79 Å². The molecule has 1 saturated carbocycles. The van der Waals surface area contributed by atoms with Crippen molar-refractivity contribution in [2.24, 2.45) is 17.6 Å². The normalized spacial score (nSPS) is 31.5. The fourth-order valence-electron chi connectivity index (χ4n) is 6.85. The quantitative estimate of drug-likeness (QED) is 0.434. The Balaban J connectivity index is 1.44. The number of benzene rings is 2. The smallest absolute Gasteiger partial charge is 0.265 e. The van der Waals surface area contributed by atoms with E-state index >= 15 is 0 Å². The third-order valence-corrected chi connectivity index (χ3v) is 11.0. The third kappa shape index (κ3) is 5.38. The van der Waals surface area contributed by atoms with Crippen LogP contribution >= 0.6 is 11.6 Å². The fourth-order valence-corrected chi connectivity index (χ4v) is 8.17. The van der Waals surface area contributed by atoms with Crippen LogP contribution in [0.15, 0.2) is 53.4 Å². The molecule has 41 heavy (non-hydrogen) atoms. The van der Waals surface area contributed by atoms with Crippen molar-refractivity contribution in [3.8, 4) is 5.75 Å². The number of ether oxygens (including phenoxy) is 2. The molecule has 2 aromatic rings. The highest BCUT2D eigenvalue weighted by Gasteiger charge is 2.44. The van der Waals surface area contributed by atoms with Gasteiger partial charge in [0.05, 0.1) is 23.8 Å². The first-order valence-electron chi connectivity index (χ1n) is 14.4. The molecule has 6 rings (SSSR count). The van der Waals surface area contributed by atoms with Gasteiger partial charge in [-0.2, -0.15) is 0 Å². The number of nitrogens with two attached hydrogens (primary N) is 1. The fraction of sp³-hybridized carbons (Fsp3) is 0.516. The Morgan fingerprint density at radius 1 is 1.15 bits per heavy atom. The van der Waals surface area contributed by atoms with Crippen LogP contribution in [-0.4, -0.2) is 52.3 Å². The van der Waals surface area contributed by atoms with Crippen molar-refractivity contribution in [1.29, 1.82) is 0 Å². The molecular formula is C31H38ClN3O5S. The number of hydrogen-bond acceptors (Lipinski definition) is 7. The Labute approximate surface area is 247 Å². The predicted molar refractivity (Wildman–Crippen MR) is 159 cm³/mol. The lowest BCUT2D eigenvalue weighted by Crippen LogP contribution is -2.50. The monoisotopic (exact) mass is 599 g/mol. The van der Waals surface area contributed by atoms with Crippen molar-refractivity contribution in [3.05, 3.63) is 64.7 Å². The summed E-state index contributed by atoms with van der Waals surface area (Å²) in [5.41, 5.74) is 8.22. The lowest BCUT2D eigenvalue weighted by molar-refractivity contribution is -0.139. The highest BCUT2D eigenvalue weighted by atomic mass is 35.5. The van der Waals surface area contributed by atoms with E-state index in [2.05, 4.69) is 21.8 Å². The van der Waals surface area contributed by atoms with Crippen LogP contribution in [0.5, 0.6) is 5.75 Å². The zero-order valence-corrected chi connectivity index (χ0v) is 25.1. The van der Waals surface area contributed by atoms with Gasteiger partial charge in [0.15, 0.2) is 0 Å². The average Bonchev–Trinajstić information content (AvgIpc) is 3.05. The maximum atomic E-state index is 13.4. The summed E-state index contributed by atoms with van der Waals surface area (Å²) >= 11 is 6.38. The molecule has 1 fully saturated rings. The molecular weight excluding hydrogens is 562 g/mol. The summed E-state index contributed by atoms with van der Waals surface area (Å²) < 4.78 is 41.3. The second-order valence-electron chi connectivity index (χ2n) is 12.5. The molecule has 0 saturated heterocycles.